The first-order valence-corrected chi connectivity index (χ1v) is 5.26. The molecule has 0 radical (unpaired) electrons. The Morgan fingerprint density at radius 2 is 2.08 bits per heavy atom. The normalized spacial score (nSPS) is 30.1. The van der Waals surface area contributed by atoms with Crippen molar-refractivity contribution in [2.75, 3.05) is 6.54 Å². The summed E-state index contributed by atoms with van der Waals surface area (Å²) in [5.41, 5.74) is 5.74. The molecule has 3 nitrogen and oxygen atoms in total. The summed E-state index contributed by atoms with van der Waals surface area (Å²) in [4.78, 5) is 11.1. The Hall–Kier alpha value is -0.570. The summed E-state index contributed by atoms with van der Waals surface area (Å²) in [6.45, 7) is 0.132. The highest BCUT2D eigenvalue weighted by molar-refractivity contribution is 5.78. The van der Waals surface area contributed by atoms with Crippen LogP contribution in [0, 0.1) is 5.41 Å². The third-order valence-electron chi connectivity index (χ3n) is 3.56. The molecular weight excluding hydrogens is 164 g/mol. The van der Waals surface area contributed by atoms with Gasteiger partial charge in [-0.3, -0.25) is 4.79 Å². The van der Waals surface area contributed by atoms with Crippen LogP contribution in [0.3, 0.4) is 0 Å². The zero-order valence-electron chi connectivity index (χ0n) is 8.01. The summed E-state index contributed by atoms with van der Waals surface area (Å²) in [7, 11) is 0. The fourth-order valence-electron chi connectivity index (χ4n) is 2.61. The molecule has 2 aliphatic rings. The smallest absolute Gasteiger partial charge is 0.233 e. The summed E-state index contributed by atoms with van der Waals surface area (Å²) in [6, 6.07) is 0.448. The van der Waals surface area contributed by atoms with Crippen molar-refractivity contribution in [3.63, 3.8) is 0 Å². The zero-order valence-corrected chi connectivity index (χ0v) is 8.01. The standard InChI is InChI=1S/C10H18N2O/c11-7-9(13)12-8-6-10(8)4-2-1-3-5-10/h8H,1-7,11H2,(H,12,13)/t8-/m1/s1. The van der Waals surface area contributed by atoms with Gasteiger partial charge in [0.1, 0.15) is 0 Å². The fourth-order valence-corrected chi connectivity index (χ4v) is 2.61. The first kappa shape index (κ1) is 9.00. The first-order valence-electron chi connectivity index (χ1n) is 5.26. The minimum Gasteiger partial charge on any atom is -0.352 e. The van der Waals surface area contributed by atoms with Crippen LogP contribution in [0.15, 0.2) is 0 Å². The molecule has 0 bridgehead atoms. The van der Waals surface area contributed by atoms with E-state index in [0.29, 0.717) is 11.5 Å². The van der Waals surface area contributed by atoms with Crippen molar-refractivity contribution in [2.24, 2.45) is 11.1 Å². The summed E-state index contributed by atoms with van der Waals surface area (Å²) < 4.78 is 0. The lowest BCUT2D eigenvalue weighted by molar-refractivity contribution is -0.120. The second kappa shape index (κ2) is 3.29. The van der Waals surface area contributed by atoms with Crippen molar-refractivity contribution in [1.82, 2.24) is 5.32 Å². The molecule has 0 aliphatic heterocycles. The van der Waals surface area contributed by atoms with Gasteiger partial charge in [0.05, 0.1) is 6.54 Å². The molecular formula is C10H18N2O. The molecule has 0 aromatic heterocycles. The molecule has 74 valence electrons. The Kier molecular flexibility index (Phi) is 2.28. The van der Waals surface area contributed by atoms with Crippen LogP contribution in [0.4, 0.5) is 0 Å². The number of hydrogen-bond donors (Lipinski definition) is 2. The van der Waals surface area contributed by atoms with Crippen molar-refractivity contribution in [1.29, 1.82) is 0 Å². The molecule has 1 amide bonds. The highest BCUT2D eigenvalue weighted by Crippen LogP contribution is 2.56. The topological polar surface area (TPSA) is 55.1 Å². The van der Waals surface area contributed by atoms with Crippen molar-refractivity contribution in [3.05, 3.63) is 0 Å². The summed E-state index contributed by atoms with van der Waals surface area (Å²) >= 11 is 0. The number of carbonyl (C=O) groups is 1. The molecule has 0 aromatic carbocycles. The van der Waals surface area contributed by atoms with Gasteiger partial charge in [-0.15, -0.1) is 0 Å². The average Bonchev–Trinajstić information content (AvgIpc) is 2.79. The predicted molar refractivity (Wildman–Crippen MR) is 51.1 cm³/mol. The van der Waals surface area contributed by atoms with E-state index in [1.54, 1.807) is 0 Å². The molecule has 2 rings (SSSR count). The first-order chi connectivity index (χ1) is 6.27. The van der Waals surface area contributed by atoms with E-state index in [-0.39, 0.29) is 12.5 Å². The Balaban J connectivity index is 1.82. The number of hydrogen-bond acceptors (Lipinski definition) is 2. The average molecular weight is 182 g/mol. The highest BCUT2D eigenvalue weighted by Gasteiger charge is 2.54. The van der Waals surface area contributed by atoms with Crippen molar-refractivity contribution in [2.45, 2.75) is 44.6 Å². The van der Waals surface area contributed by atoms with E-state index in [1.807, 2.05) is 0 Å². The van der Waals surface area contributed by atoms with Gasteiger partial charge in [0.15, 0.2) is 0 Å². The SMILES string of the molecule is NCC(=O)N[C@@H]1CC12CCCCC2. The van der Waals surface area contributed by atoms with Crippen LogP contribution in [0.5, 0.6) is 0 Å². The van der Waals surface area contributed by atoms with Gasteiger partial charge in [0.25, 0.3) is 0 Å². The van der Waals surface area contributed by atoms with Crippen LogP contribution in [0.2, 0.25) is 0 Å². The van der Waals surface area contributed by atoms with Crippen LogP contribution in [0.1, 0.15) is 38.5 Å². The Bertz CT molecular complexity index is 209. The monoisotopic (exact) mass is 182 g/mol. The van der Waals surface area contributed by atoms with Crippen LogP contribution in [-0.4, -0.2) is 18.5 Å². The molecule has 0 saturated heterocycles. The third kappa shape index (κ3) is 1.70. The van der Waals surface area contributed by atoms with E-state index < -0.39 is 0 Å². The Morgan fingerprint density at radius 1 is 1.38 bits per heavy atom. The van der Waals surface area contributed by atoms with E-state index >= 15 is 0 Å². The van der Waals surface area contributed by atoms with E-state index in [9.17, 15) is 4.79 Å². The molecule has 0 heterocycles. The molecule has 1 atom stereocenters. The number of nitrogens with one attached hydrogen (secondary N) is 1. The molecule has 2 fully saturated rings. The largest absolute Gasteiger partial charge is 0.352 e. The van der Waals surface area contributed by atoms with Gasteiger partial charge in [-0.2, -0.15) is 0 Å². The molecule has 2 aliphatic carbocycles. The maximum atomic E-state index is 11.1. The van der Waals surface area contributed by atoms with E-state index in [4.69, 9.17) is 5.73 Å². The Morgan fingerprint density at radius 3 is 2.69 bits per heavy atom. The van der Waals surface area contributed by atoms with Gasteiger partial charge in [-0.25, -0.2) is 0 Å². The minimum atomic E-state index is 0.00690. The van der Waals surface area contributed by atoms with Gasteiger partial charge in [0, 0.05) is 6.04 Å². The third-order valence-corrected chi connectivity index (χ3v) is 3.56. The maximum absolute atomic E-state index is 11.1. The molecule has 13 heavy (non-hydrogen) atoms. The van der Waals surface area contributed by atoms with Crippen molar-refractivity contribution >= 4 is 5.91 Å². The van der Waals surface area contributed by atoms with Gasteiger partial charge in [-0.05, 0) is 24.7 Å². The molecule has 3 heteroatoms. The second-order valence-electron chi connectivity index (χ2n) is 4.45. The van der Waals surface area contributed by atoms with Crippen LogP contribution in [-0.2, 0) is 4.79 Å². The minimum absolute atomic E-state index is 0.00690. The number of rotatable bonds is 2. The van der Waals surface area contributed by atoms with Crippen LogP contribution < -0.4 is 11.1 Å². The molecule has 3 N–H and O–H groups in total. The van der Waals surface area contributed by atoms with Gasteiger partial charge >= 0.3 is 0 Å². The summed E-state index contributed by atoms with van der Waals surface area (Å²) in [5, 5.41) is 3.00. The molecule has 0 unspecified atom stereocenters. The fraction of sp³-hybridized carbons (Fsp3) is 0.900. The van der Waals surface area contributed by atoms with Gasteiger partial charge < -0.3 is 11.1 Å². The second-order valence-corrected chi connectivity index (χ2v) is 4.45. The van der Waals surface area contributed by atoms with Crippen LogP contribution >= 0.6 is 0 Å². The quantitative estimate of drug-likeness (QED) is 0.663. The zero-order chi connectivity index (χ0) is 9.31. The number of nitrogens with two attached hydrogens (primary N) is 1. The lowest BCUT2D eigenvalue weighted by Crippen LogP contribution is -2.35. The van der Waals surface area contributed by atoms with E-state index in [0.717, 1.165) is 0 Å². The lowest BCUT2D eigenvalue weighted by Gasteiger charge is -2.22. The Labute approximate surface area is 79.1 Å². The predicted octanol–water partition coefficient (Wildman–Crippen LogP) is 0.784. The van der Waals surface area contributed by atoms with E-state index in [2.05, 4.69) is 5.32 Å². The summed E-state index contributed by atoms with van der Waals surface area (Å²) in [5.74, 6) is 0.00690. The van der Waals surface area contributed by atoms with Gasteiger partial charge in [0.2, 0.25) is 5.91 Å². The summed E-state index contributed by atoms with van der Waals surface area (Å²) in [6.07, 6.45) is 7.87. The van der Waals surface area contributed by atoms with Crippen LogP contribution in [0.25, 0.3) is 0 Å². The van der Waals surface area contributed by atoms with Gasteiger partial charge in [-0.1, -0.05) is 19.3 Å². The van der Waals surface area contributed by atoms with E-state index in [1.165, 1.54) is 38.5 Å². The number of amides is 1. The number of carbonyl (C=O) groups excluding carboxylic acids is 1. The lowest BCUT2D eigenvalue weighted by atomic mass is 9.86. The highest BCUT2D eigenvalue weighted by atomic mass is 16.1. The van der Waals surface area contributed by atoms with Crippen molar-refractivity contribution < 1.29 is 4.79 Å². The maximum Gasteiger partial charge on any atom is 0.233 e. The van der Waals surface area contributed by atoms with Crippen molar-refractivity contribution in [3.8, 4) is 0 Å². The molecule has 0 aromatic rings. The molecule has 1 spiro atoms. The molecule has 2 saturated carbocycles.